The molecule has 0 aromatic heterocycles. The fourth-order valence-corrected chi connectivity index (χ4v) is 1.88. The minimum absolute atomic E-state index is 0.00201. The molecule has 1 aliphatic rings. The van der Waals surface area contributed by atoms with E-state index in [1.807, 2.05) is 0 Å². The van der Waals surface area contributed by atoms with Crippen LogP contribution < -0.4 is 25.3 Å². The molecule has 1 heterocycles. The summed E-state index contributed by atoms with van der Waals surface area (Å²) in [7, 11) is 1.42. The Kier molecular flexibility index (Phi) is 5.34. The van der Waals surface area contributed by atoms with Crippen LogP contribution >= 0.6 is 0 Å². The number of hydrogen-bond donors (Lipinski definition) is 2. The molecule has 0 saturated heterocycles. The van der Waals surface area contributed by atoms with Crippen LogP contribution in [0, 0.1) is 0 Å². The SMILES string of the molecule is COCC(N)C(=O)NCc1cc2c(cc1OC(F)F)OCO2. The molecule has 3 N–H and O–H groups in total. The predicted molar refractivity (Wildman–Crippen MR) is 70.9 cm³/mol. The largest absolute Gasteiger partial charge is 0.454 e. The molecule has 0 fully saturated rings. The third-order valence-corrected chi connectivity index (χ3v) is 2.91. The normalized spacial score (nSPS) is 14.0. The number of hydrogen-bond acceptors (Lipinski definition) is 6. The zero-order valence-corrected chi connectivity index (χ0v) is 11.8. The highest BCUT2D eigenvalue weighted by Gasteiger charge is 2.21. The van der Waals surface area contributed by atoms with E-state index in [9.17, 15) is 13.6 Å². The Labute approximate surface area is 125 Å². The first-order chi connectivity index (χ1) is 10.5. The standard InChI is InChI=1S/C13H16F2N2O5/c1-19-5-8(16)12(18)17-4-7-2-10-11(21-6-20-10)3-9(7)22-13(14)15/h2-3,8,13H,4-6,16H2,1H3,(H,17,18). The fourth-order valence-electron chi connectivity index (χ4n) is 1.88. The van der Waals surface area contributed by atoms with Gasteiger partial charge in [-0.15, -0.1) is 0 Å². The van der Waals surface area contributed by atoms with Crippen molar-refractivity contribution in [3.05, 3.63) is 17.7 Å². The van der Waals surface area contributed by atoms with Crippen LogP contribution in [0.15, 0.2) is 12.1 Å². The summed E-state index contributed by atoms with van der Waals surface area (Å²) in [6, 6.07) is 1.92. The first kappa shape index (κ1) is 16.2. The van der Waals surface area contributed by atoms with Crippen molar-refractivity contribution in [1.29, 1.82) is 0 Å². The van der Waals surface area contributed by atoms with Gasteiger partial charge < -0.3 is 30.0 Å². The Balaban J connectivity index is 2.10. The summed E-state index contributed by atoms with van der Waals surface area (Å²) >= 11 is 0. The van der Waals surface area contributed by atoms with Gasteiger partial charge in [-0.3, -0.25) is 4.79 Å². The number of benzene rings is 1. The lowest BCUT2D eigenvalue weighted by atomic mass is 10.1. The molecule has 7 nitrogen and oxygen atoms in total. The van der Waals surface area contributed by atoms with Crippen molar-refractivity contribution in [3.8, 4) is 17.2 Å². The highest BCUT2D eigenvalue weighted by atomic mass is 19.3. The van der Waals surface area contributed by atoms with Crippen molar-refractivity contribution in [2.75, 3.05) is 20.5 Å². The van der Waals surface area contributed by atoms with Crippen LogP contribution in [-0.2, 0) is 16.1 Å². The molecule has 2 rings (SSSR count). The van der Waals surface area contributed by atoms with E-state index in [4.69, 9.17) is 19.9 Å². The minimum atomic E-state index is -2.99. The lowest BCUT2D eigenvalue weighted by molar-refractivity contribution is -0.123. The van der Waals surface area contributed by atoms with Gasteiger partial charge >= 0.3 is 6.61 Å². The van der Waals surface area contributed by atoms with Gasteiger partial charge in [0, 0.05) is 25.3 Å². The molecule has 1 atom stereocenters. The van der Waals surface area contributed by atoms with E-state index in [2.05, 4.69) is 10.1 Å². The third-order valence-electron chi connectivity index (χ3n) is 2.91. The molecule has 0 saturated carbocycles. The number of methoxy groups -OCH3 is 1. The lowest BCUT2D eigenvalue weighted by Crippen LogP contribution is -2.43. The molecule has 0 bridgehead atoms. The van der Waals surface area contributed by atoms with E-state index in [-0.39, 0.29) is 25.7 Å². The average molecular weight is 318 g/mol. The molecular weight excluding hydrogens is 302 g/mol. The van der Waals surface area contributed by atoms with Crippen LogP contribution in [0.3, 0.4) is 0 Å². The molecular formula is C13H16F2N2O5. The van der Waals surface area contributed by atoms with E-state index in [1.165, 1.54) is 19.2 Å². The van der Waals surface area contributed by atoms with Crippen molar-refractivity contribution >= 4 is 5.91 Å². The van der Waals surface area contributed by atoms with Crippen LogP contribution in [0.5, 0.6) is 17.2 Å². The summed E-state index contributed by atoms with van der Waals surface area (Å²) < 4.78 is 44.4. The number of halogens is 2. The summed E-state index contributed by atoms with van der Waals surface area (Å²) in [5, 5.41) is 2.52. The monoisotopic (exact) mass is 318 g/mol. The summed E-state index contributed by atoms with van der Waals surface area (Å²) in [6.45, 7) is -2.99. The summed E-state index contributed by atoms with van der Waals surface area (Å²) in [6.07, 6.45) is 0. The zero-order chi connectivity index (χ0) is 16.1. The minimum Gasteiger partial charge on any atom is -0.454 e. The number of amides is 1. The Morgan fingerprint density at radius 2 is 2.09 bits per heavy atom. The van der Waals surface area contributed by atoms with Crippen molar-refractivity contribution in [3.63, 3.8) is 0 Å². The molecule has 1 unspecified atom stereocenters. The fraction of sp³-hybridized carbons (Fsp3) is 0.462. The molecule has 0 spiro atoms. The molecule has 1 aliphatic heterocycles. The number of ether oxygens (including phenoxy) is 4. The number of nitrogens with one attached hydrogen (secondary N) is 1. The topological polar surface area (TPSA) is 92.0 Å². The number of carbonyl (C=O) groups is 1. The van der Waals surface area contributed by atoms with Crippen molar-refractivity contribution in [2.24, 2.45) is 5.73 Å². The van der Waals surface area contributed by atoms with Gasteiger partial charge in [0.25, 0.3) is 0 Å². The maximum absolute atomic E-state index is 12.5. The molecule has 0 aliphatic carbocycles. The van der Waals surface area contributed by atoms with Crippen molar-refractivity contribution < 1.29 is 32.5 Å². The first-order valence-corrected chi connectivity index (χ1v) is 6.40. The number of nitrogens with two attached hydrogens (primary N) is 1. The molecule has 0 radical (unpaired) electrons. The summed E-state index contributed by atoms with van der Waals surface area (Å²) in [5.74, 6) is 0.135. The average Bonchev–Trinajstić information content (AvgIpc) is 2.91. The number of alkyl halides is 2. The van der Waals surface area contributed by atoms with Gasteiger partial charge in [-0.05, 0) is 6.07 Å². The van der Waals surface area contributed by atoms with Gasteiger partial charge in [-0.2, -0.15) is 8.78 Å². The first-order valence-electron chi connectivity index (χ1n) is 6.40. The van der Waals surface area contributed by atoms with Crippen LogP contribution in [0.4, 0.5) is 8.78 Å². The van der Waals surface area contributed by atoms with Gasteiger partial charge in [0.15, 0.2) is 11.5 Å². The Morgan fingerprint density at radius 3 is 2.73 bits per heavy atom. The van der Waals surface area contributed by atoms with E-state index in [0.29, 0.717) is 17.1 Å². The highest BCUT2D eigenvalue weighted by Crippen LogP contribution is 2.38. The summed E-state index contributed by atoms with van der Waals surface area (Å²) in [5.41, 5.74) is 5.89. The predicted octanol–water partition coefficient (Wildman–Crippen LogP) is 0.607. The second kappa shape index (κ2) is 7.23. The second-order valence-electron chi connectivity index (χ2n) is 4.47. The Morgan fingerprint density at radius 1 is 1.41 bits per heavy atom. The summed E-state index contributed by atoms with van der Waals surface area (Å²) in [4.78, 5) is 11.7. The van der Waals surface area contributed by atoms with E-state index in [0.717, 1.165) is 0 Å². The molecule has 9 heteroatoms. The van der Waals surface area contributed by atoms with Crippen molar-refractivity contribution in [1.82, 2.24) is 5.32 Å². The van der Waals surface area contributed by atoms with Crippen LogP contribution in [-0.4, -0.2) is 39.1 Å². The second-order valence-corrected chi connectivity index (χ2v) is 4.47. The quantitative estimate of drug-likeness (QED) is 0.765. The zero-order valence-electron chi connectivity index (χ0n) is 11.8. The van der Waals surface area contributed by atoms with E-state index >= 15 is 0 Å². The molecule has 1 aromatic rings. The molecule has 1 amide bonds. The maximum atomic E-state index is 12.5. The van der Waals surface area contributed by atoms with Gasteiger partial charge in [0.05, 0.1) is 6.61 Å². The van der Waals surface area contributed by atoms with Gasteiger partial charge in [-0.25, -0.2) is 0 Å². The van der Waals surface area contributed by atoms with Crippen molar-refractivity contribution in [2.45, 2.75) is 19.2 Å². The number of fused-ring (bicyclic) bond motifs is 1. The Bertz CT molecular complexity index is 541. The smallest absolute Gasteiger partial charge is 0.387 e. The maximum Gasteiger partial charge on any atom is 0.387 e. The molecule has 122 valence electrons. The van der Waals surface area contributed by atoms with Crippen LogP contribution in [0.25, 0.3) is 0 Å². The van der Waals surface area contributed by atoms with E-state index in [1.54, 1.807) is 0 Å². The van der Waals surface area contributed by atoms with E-state index < -0.39 is 18.6 Å². The van der Waals surface area contributed by atoms with Gasteiger partial charge in [0.2, 0.25) is 12.7 Å². The Hall–Kier alpha value is -2.13. The number of rotatable bonds is 7. The third kappa shape index (κ3) is 3.95. The van der Waals surface area contributed by atoms with Crippen LogP contribution in [0.1, 0.15) is 5.56 Å². The van der Waals surface area contributed by atoms with Crippen LogP contribution in [0.2, 0.25) is 0 Å². The molecule has 22 heavy (non-hydrogen) atoms. The molecule has 1 aromatic carbocycles. The number of carbonyl (C=O) groups excluding carboxylic acids is 1. The highest BCUT2D eigenvalue weighted by molar-refractivity contribution is 5.81. The van der Waals surface area contributed by atoms with Gasteiger partial charge in [-0.1, -0.05) is 0 Å². The lowest BCUT2D eigenvalue weighted by Gasteiger charge is -2.14. The van der Waals surface area contributed by atoms with Gasteiger partial charge in [0.1, 0.15) is 11.8 Å².